The zero-order chi connectivity index (χ0) is 16.7. The predicted molar refractivity (Wildman–Crippen MR) is 91.4 cm³/mol. The number of nitrogens with two attached hydrogens (primary N) is 1. The fourth-order valence-corrected chi connectivity index (χ4v) is 4.72. The summed E-state index contributed by atoms with van der Waals surface area (Å²) in [6, 6.07) is 6.90. The minimum atomic E-state index is -0.234. The average molecular weight is 345 g/mol. The molecular weight excluding hydrogens is 325 g/mol. The van der Waals surface area contributed by atoms with Crippen molar-refractivity contribution < 1.29 is 9.18 Å². The van der Waals surface area contributed by atoms with Crippen LogP contribution in [0.5, 0.6) is 0 Å². The van der Waals surface area contributed by atoms with E-state index in [2.05, 4.69) is 4.98 Å². The van der Waals surface area contributed by atoms with Gasteiger partial charge in [-0.05, 0) is 36.3 Å². The molecule has 4 rings (SSSR count). The highest BCUT2D eigenvalue weighted by Crippen LogP contribution is 2.37. The van der Waals surface area contributed by atoms with E-state index in [-0.39, 0.29) is 17.8 Å². The standard InChI is InChI=1S/C18H20FN3OS/c19-14-4-2-1-3-11(14)7-17-21-16(10-24-17)18(23)22-8-12-5-6-15(20)13(12)9-22/h1-4,10,12-13,15H,5-9,20H2. The van der Waals surface area contributed by atoms with Crippen LogP contribution in [0.1, 0.15) is 33.9 Å². The third kappa shape index (κ3) is 2.84. The number of hydrogen-bond donors (Lipinski definition) is 1. The number of likely N-dealkylation sites (tertiary alicyclic amines) is 1. The molecule has 0 spiro atoms. The maximum absolute atomic E-state index is 13.7. The molecule has 1 aromatic carbocycles. The summed E-state index contributed by atoms with van der Waals surface area (Å²) in [6.45, 7) is 1.53. The normalized spacial score (nSPS) is 25.9. The van der Waals surface area contributed by atoms with Crippen molar-refractivity contribution in [3.63, 3.8) is 0 Å². The number of fused-ring (bicyclic) bond motifs is 1. The number of rotatable bonds is 3. The summed E-state index contributed by atoms with van der Waals surface area (Å²) in [5.41, 5.74) is 7.21. The van der Waals surface area contributed by atoms with Crippen molar-refractivity contribution in [1.82, 2.24) is 9.88 Å². The van der Waals surface area contributed by atoms with E-state index >= 15 is 0 Å². The van der Waals surface area contributed by atoms with Crippen molar-refractivity contribution in [2.75, 3.05) is 13.1 Å². The number of carbonyl (C=O) groups excluding carboxylic acids is 1. The molecule has 0 radical (unpaired) electrons. The first kappa shape index (κ1) is 15.7. The molecule has 4 nitrogen and oxygen atoms in total. The summed E-state index contributed by atoms with van der Waals surface area (Å²) >= 11 is 1.41. The zero-order valence-electron chi connectivity index (χ0n) is 13.3. The van der Waals surface area contributed by atoms with Crippen LogP contribution in [0.3, 0.4) is 0 Å². The highest BCUT2D eigenvalue weighted by molar-refractivity contribution is 7.09. The summed E-state index contributed by atoms with van der Waals surface area (Å²) in [5.74, 6) is 0.723. The molecule has 3 unspecified atom stereocenters. The summed E-state index contributed by atoms with van der Waals surface area (Å²) in [4.78, 5) is 19.0. The van der Waals surface area contributed by atoms with Gasteiger partial charge in [0.1, 0.15) is 11.5 Å². The SMILES string of the molecule is NC1CCC2CN(C(=O)c3csc(Cc4ccccc4F)n3)CC12. The Hall–Kier alpha value is -1.79. The molecule has 3 atom stereocenters. The average Bonchev–Trinajstić information content (AvgIpc) is 3.27. The van der Waals surface area contributed by atoms with E-state index in [9.17, 15) is 9.18 Å². The number of halogens is 1. The van der Waals surface area contributed by atoms with Crippen LogP contribution < -0.4 is 5.73 Å². The number of amides is 1. The zero-order valence-corrected chi connectivity index (χ0v) is 14.1. The molecule has 2 aromatic rings. The highest BCUT2D eigenvalue weighted by atomic mass is 32.1. The van der Waals surface area contributed by atoms with Crippen molar-refractivity contribution >= 4 is 17.2 Å². The molecule has 2 fully saturated rings. The van der Waals surface area contributed by atoms with E-state index in [0.29, 0.717) is 29.5 Å². The Balaban J connectivity index is 1.45. The van der Waals surface area contributed by atoms with E-state index in [1.54, 1.807) is 17.5 Å². The van der Waals surface area contributed by atoms with Gasteiger partial charge in [-0.1, -0.05) is 18.2 Å². The summed E-state index contributed by atoms with van der Waals surface area (Å²) in [6.07, 6.45) is 2.60. The van der Waals surface area contributed by atoms with Crippen LogP contribution in [0.25, 0.3) is 0 Å². The molecule has 1 amide bonds. The topological polar surface area (TPSA) is 59.2 Å². The van der Waals surface area contributed by atoms with Crippen LogP contribution >= 0.6 is 11.3 Å². The van der Waals surface area contributed by atoms with Crippen LogP contribution in [-0.4, -0.2) is 34.9 Å². The van der Waals surface area contributed by atoms with Gasteiger partial charge in [0.15, 0.2) is 0 Å². The molecule has 24 heavy (non-hydrogen) atoms. The molecule has 0 bridgehead atoms. The van der Waals surface area contributed by atoms with E-state index in [1.807, 2.05) is 11.0 Å². The van der Waals surface area contributed by atoms with Crippen LogP contribution in [0.15, 0.2) is 29.6 Å². The maximum atomic E-state index is 13.7. The van der Waals surface area contributed by atoms with Crippen LogP contribution in [-0.2, 0) is 6.42 Å². The van der Waals surface area contributed by atoms with Gasteiger partial charge < -0.3 is 10.6 Å². The number of aromatic nitrogens is 1. The van der Waals surface area contributed by atoms with Gasteiger partial charge >= 0.3 is 0 Å². The summed E-state index contributed by atoms with van der Waals surface area (Å²) in [7, 11) is 0. The second-order valence-corrected chi connectivity index (χ2v) is 7.71. The lowest BCUT2D eigenvalue weighted by Gasteiger charge is -2.17. The Morgan fingerprint density at radius 1 is 1.33 bits per heavy atom. The van der Waals surface area contributed by atoms with Crippen molar-refractivity contribution in [2.45, 2.75) is 25.3 Å². The van der Waals surface area contributed by atoms with Gasteiger partial charge in [-0.15, -0.1) is 11.3 Å². The fourth-order valence-electron chi connectivity index (χ4n) is 3.93. The first-order valence-corrected chi connectivity index (χ1v) is 9.22. The van der Waals surface area contributed by atoms with E-state index in [4.69, 9.17) is 5.73 Å². The second kappa shape index (κ2) is 6.26. The van der Waals surface area contributed by atoms with E-state index < -0.39 is 0 Å². The number of hydrogen-bond acceptors (Lipinski definition) is 4. The third-order valence-electron chi connectivity index (χ3n) is 5.27. The number of nitrogens with zero attached hydrogens (tertiary/aromatic N) is 2. The Morgan fingerprint density at radius 2 is 2.17 bits per heavy atom. The molecular formula is C18H20FN3OS. The first-order chi connectivity index (χ1) is 11.6. The van der Waals surface area contributed by atoms with Crippen molar-refractivity contribution in [3.8, 4) is 0 Å². The van der Waals surface area contributed by atoms with E-state index in [1.165, 1.54) is 17.4 Å². The minimum absolute atomic E-state index is 0.0207. The quantitative estimate of drug-likeness (QED) is 0.930. The Labute approximate surface area is 144 Å². The molecule has 1 aromatic heterocycles. The lowest BCUT2D eigenvalue weighted by atomic mass is 9.98. The largest absolute Gasteiger partial charge is 0.337 e. The molecule has 1 aliphatic heterocycles. The predicted octanol–water partition coefficient (Wildman–Crippen LogP) is 2.68. The van der Waals surface area contributed by atoms with E-state index in [0.717, 1.165) is 30.9 Å². The maximum Gasteiger partial charge on any atom is 0.273 e. The number of benzene rings is 1. The van der Waals surface area contributed by atoms with Gasteiger partial charge in [0.2, 0.25) is 0 Å². The molecule has 2 aliphatic rings. The number of thiazole rings is 1. The lowest BCUT2D eigenvalue weighted by Crippen LogP contribution is -2.33. The summed E-state index contributed by atoms with van der Waals surface area (Å²) < 4.78 is 13.7. The van der Waals surface area contributed by atoms with Gasteiger partial charge in [0.05, 0.1) is 5.01 Å². The van der Waals surface area contributed by atoms with Crippen LogP contribution in [0.2, 0.25) is 0 Å². The molecule has 6 heteroatoms. The van der Waals surface area contributed by atoms with Gasteiger partial charge in [-0.3, -0.25) is 4.79 Å². The highest BCUT2D eigenvalue weighted by Gasteiger charge is 2.42. The molecule has 2 N–H and O–H groups in total. The molecule has 2 heterocycles. The first-order valence-electron chi connectivity index (χ1n) is 8.34. The third-order valence-corrected chi connectivity index (χ3v) is 6.12. The van der Waals surface area contributed by atoms with Crippen LogP contribution in [0.4, 0.5) is 4.39 Å². The monoisotopic (exact) mass is 345 g/mol. The van der Waals surface area contributed by atoms with Crippen LogP contribution in [0, 0.1) is 17.7 Å². The van der Waals surface area contributed by atoms with Gasteiger partial charge in [0.25, 0.3) is 5.91 Å². The van der Waals surface area contributed by atoms with Gasteiger partial charge in [-0.2, -0.15) is 0 Å². The van der Waals surface area contributed by atoms with Crippen molar-refractivity contribution in [1.29, 1.82) is 0 Å². The number of carbonyl (C=O) groups is 1. The molecule has 1 saturated carbocycles. The van der Waals surface area contributed by atoms with Crippen molar-refractivity contribution in [3.05, 3.63) is 51.7 Å². The Morgan fingerprint density at radius 3 is 2.96 bits per heavy atom. The van der Waals surface area contributed by atoms with Gasteiger partial charge in [-0.25, -0.2) is 9.37 Å². The van der Waals surface area contributed by atoms with Crippen molar-refractivity contribution in [2.24, 2.45) is 17.6 Å². The molecule has 1 aliphatic carbocycles. The fraction of sp³-hybridized carbons (Fsp3) is 0.444. The summed E-state index contributed by atoms with van der Waals surface area (Å²) in [5, 5.41) is 2.55. The minimum Gasteiger partial charge on any atom is -0.337 e. The smallest absolute Gasteiger partial charge is 0.273 e. The second-order valence-electron chi connectivity index (χ2n) is 6.77. The Bertz CT molecular complexity index is 762. The molecule has 126 valence electrons. The van der Waals surface area contributed by atoms with Gasteiger partial charge in [0, 0.05) is 30.9 Å². The molecule has 1 saturated heterocycles. The lowest BCUT2D eigenvalue weighted by molar-refractivity contribution is 0.0774. The Kier molecular flexibility index (Phi) is 4.10.